The molecule has 0 saturated heterocycles. The minimum Gasteiger partial charge on any atom is -0.481 e. The lowest BCUT2D eigenvalue weighted by Crippen LogP contribution is -2.07. The van der Waals surface area contributed by atoms with Crippen molar-refractivity contribution >= 4 is 5.97 Å². The average Bonchev–Trinajstić information content (AvgIpc) is 2.16. The van der Waals surface area contributed by atoms with Crippen molar-refractivity contribution in [1.82, 2.24) is 0 Å². The van der Waals surface area contributed by atoms with Gasteiger partial charge in [-0.3, -0.25) is 4.79 Å². The van der Waals surface area contributed by atoms with E-state index in [1.165, 1.54) is 0 Å². The summed E-state index contributed by atoms with van der Waals surface area (Å²) >= 11 is 0. The molecule has 0 bridgehead atoms. The first-order chi connectivity index (χ1) is 6.15. The van der Waals surface area contributed by atoms with E-state index in [2.05, 4.69) is 5.92 Å². The van der Waals surface area contributed by atoms with Gasteiger partial charge in [0.05, 0.1) is 5.92 Å². The van der Waals surface area contributed by atoms with Crippen LogP contribution < -0.4 is 0 Å². The number of carboxylic acids is 1. The van der Waals surface area contributed by atoms with Crippen LogP contribution in [0.2, 0.25) is 0 Å². The molecule has 1 unspecified atom stereocenters. The summed E-state index contributed by atoms with van der Waals surface area (Å²) in [4.78, 5) is 10.6. The number of benzene rings is 1. The summed E-state index contributed by atoms with van der Waals surface area (Å²) in [5.74, 6) is 1.12. The Morgan fingerprint density at radius 3 is 2.85 bits per heavy atom. The molecular formula is C11H10O2. The Morgan fingerprint density at radius 2 is 2.31 bits per heavy atom. The van der Waals surface area contributed by atoms with Crippen molar-refractivity contribution in [3.63, 3.8) is 0 Å². The van der Waals surface area contributed by atoms with Crippen LogP contribution in [0.5, 0.6) is 0 Å². The molecule has 0 aliphatic rings. The van der Waals surface area contributed by atoms with E-state index < -0.39 is 11.9 Å². The highest BCUT2D eigenvalue weighted by Gasteiger charge is 2.12. The highest BCUT2D eigenvalue weighted by Crippen LogP contribution is 2.16. The molecule has 1 atom stereocenters. The number of hydrogen-bond acceptors (Lipinski definition) is 1. The van der Waals surface area contributed by atoms with Crippen molar-refractivity contribution in [1.29, 1.82) is 0 Å². The normalized spacial score (nSPS) is 11.7. The molecule has 0 aliphatic heterocycles. The molecule has 0 aliphatic carbocycles. The van der Waals surface area contributed by atoms with Crippen molar-refractivity contribution in [3.05, 3.63) is 35.4 Å². The predicted octanol–water partition coefficient (Wildman–Crippen LogP) is 1.86. The monoisotopic (exact) mass is 174 g/mol. The number of hydrogen-bond donors (Lipinski definition) is 1. The van der Waals surface area contributed by atoms with E-state index in [9.17, 15) is 4.79 Å². The fraction of sp³-hybridized carbons (Fsp3) is 0.182. The van der Waals surface area contributed by atoms with Crippen LogP contribution in [-0.2, 0) is 4.79 Å². The van der Waals surface area contributed by atoms with Crippen LogP contribution >= 0.6 is 0 Å². The van der Waals surface area contributed by atoms with Gasteiger partial charge in [-0.2, -0.15) is 0 Å². The van der Waals surface area contributed by atoms with Gasteiger partial charge < -0.3 is 5.11 Å². The van der Waals surface area contributed by atoms with Crippen molar-refractivity contribution in [2.24, 2.45) is 0 Å². The molecule has 1 aromatic carbocycles. The maximum atomic E-state index is 10.6. The average molecular weight is 174 g/mol. The van der Waals surface area contributed by atoms with Gasteiger partial charge in [-0.25, -0.2) is 0 Å². The van der Waals surface area contributed by atoms with E-state index in [0.29, 0.717) is 5.56 Å². The second-order valence-electron chi connectivity index (χ2n) is 2.83. The molecule has 1 rings (SSSR count). The topological polar surface area (TPSA) is 37.3 Å². The summed E-state index contributed by atoms with van der Waals surface area (Å²) in [7, 11) is 0. The number of rotatable bonds is 2. The molecule has 13 heavy (non-hydrogen) atoms. The Hall–Kier alpha value is -1.75. The lowest BCUT2D eigenvalue weighted by molar-refractivity contribution is -0.138. The molecule has 66 valence electrons. The third kappa shape index (κ3) is 2.09. The molecule has 0 aromatic heterocycles. The first-order valence-electron chi connectivity index (χ1n) is 3.94. The fourth-order valence-electron chi connectivity index (χ4n) is 1.04. The lowest BCUT2D eigenvalue weighted by atomic mass is 9.99. The summed E-state index contributed by atoms with van der Waals surface area (Å²) < 4.78 is 0. The molecular weight excluding hydrogens is 164 g/mol. The molecule has 0 heterocycles. The van der Waals surface area contributed by atoms with Crippen molar-refractivity contribution in [2.45, 2.75) is 12.8 Å². The van der Waals surface area contributed by atoms with E-state index in [1.54, 1.807) is 31.2 Å². The molecule has 0 radical (unpaired) electrons. The predicted molar refractivity (Wildman–Crippen MR) is 50.4 cm³/mol. The van der Waals surface area contributed by atoms with Gasteiger partial charge in [0.1, 0.15) is 0 Å². The quantitative estimate of drug-likeness (QED) is 0.695. The van der Waals surface area contributed by atoms with Crippen LogP contribution in [0.15, 0.2) is 24.3 Å². The number of carbonyl (C=O) groups is 1. The summed E-state index contributed by atoms with van der Waals surface area (Å²) in [5, 5.41) is 8.75. The maximum Gasteiger partial charge on any atom is 0.310 e. The van der Waals surface area contributed by atoms with Crippen LogP contribution in [0.4, 0.5) is 0 Å². The molecule has 0 fully saturated rings. The van der Waals surface area contributed by atoms with Crippen LogP contribution in [0, 0.1) is 12.3 Å². The van der Waals surface area contributed by atoms with Gasteiger partial charge in [0.15, 0.2) is 0 Å². The molecule has 1 N–H and O–H groups in total. The summed E-state index contributed by atoms with van der Waals surface area (Å²) in [6.07, 6.45) is 5.20. The van der Waals surface area contributed by atoms with Crippen molar-refractivity contribution < 1.29 is 9.90 Å². The van der Waals surface area contributed by atoms with Crippen molar-refractivity contribution in [3.8, 4) is 12.3 Å². The standard InChI is InChI=1S/C11H10O2/c1-3-9-5-4-6-10(7-9)8(2)11(12)13/h1,4-8H,2H3,(H,12,13). The summed E-state index contributed by atoms with van der Waals surface area (Å²) in [6, 6.07) is 7.03. The zero-order valence-corrected chi connectivity index (χ0v) is 7.32. The SMILES string of the molecule is C#Cc1cccc(C(C)C(=O)O)c1. The van der Waals surface area contributed by atoms with Crippen LogP contribution in [0.25, 0.3) is 0 Å². The smallest absolute Gasteiger partial charge is 0.310 e. The van der Waals surface area contributed by atoms with Crippen LogP contribution in [0.1, 0.15) is 24.0 Å². The fourth-order valence-corrected chi connectivity index (χ4v) is 1.04. The van der Waals surface area contributed by atoms with E-state index in [0.717, 1.165) is 5.56 Å². The minimum absolute atomic E-state index is 0.506. The summed E-state index contributed by atoms with van der Waals surface area (Å²) in [6.45, 7) is 1.64. The Kier molecular flexibility index (Phi) is 2.71. The van der Waals surface area contributed by atoms with Crippen LogP contribution in [0.3, 0.4) is 0 Å². The highest BCUT2D eigenvalue weighted by molar-refractivity contribution is 5.75. The highest BCUT2D eigenvalue weighted by atomic mass is 16.4. The Morgan fingerprint density at radius 1 is 1.62 bits per heavy atom. The van der Waals surface area contributed by atoms with E-state index in [4.69, 9.17) is 11.5 Å². The largest absolute Gasteiger partial charge is 0.481 e. The van der Waals surface area contributed by atoms with Gasteiger partial charge in [-0.1, -0.05) is 18.1 Å². The Bertz CT molecular complexity index is 361. The second kappa shape index (κ2) is 3.77. The first kappa shape index (κ1) is 9.34. The van der Waals surface area contributed by atoms with Gasteiger partial charge in [-0.15, -0.1) is 6.42 Å². The van der Waals surface area contributed by atoms with Gasteiger partial charge in [-0.05, 0) is 24.6 Å². The molecule has 2 nitrogen and oxygen atoms in total. The third-order valence-electron chi connectivity index (χ3n) is 1.92. The van der Waals surface area contributed by atoms with Gasteiger partial charge >= 0.3 is 5.97 Å². The van der Waals surface area contributed by atoms with Crippen molar-refractivity contribution in [2.75, 3.05) is 0 Å². The number of aliphatic carboxylic acids is 1. The van der Waals surface area contributed by atoms with E-state index in [1.807, 2.05) is 0 Å². The van der Waals surface area contributed by atoms with Gasteiger partial charge in [0, 0.05) is 5.56 Å². The zero-order chi connectivity index (χ0) is 9.84. The minimum atomic E-state index is -0.839. The molecule has 1 aromatic rings. The second-order valence-corrected chi connectivity index (χ2v) is 2.83. The van der Waals surface area contributed by atoms with Crippen LogP contribution in [-0.4, -0.2) is 11.1 Å². The number of carboxylic acid groups (broad SMARTS) is 1. The van der Waals surface area contributed by atoms with E-state index in [-0.39, 0.29) is 0 Å². The Balaban J connectivity index is 3.03. The number of terminal acetylenes is 1. The van der Waals surface area contributed by atoms with Gasteiger partial charge in [0.25, 0.3) is 0 Å². The molecule has 0 saturated carbocycles. The third-order valence-corrected chi connectivity index (χ3v) is 1.92. The Labute approximate surface area is 77.2 Å². The van der Waals surface area contributed by atoms with Gasteiger partial charge in [0.2, 0.25) is 0 Å². The molecule has 0 amide bonds. The first-order valence-corrected chi connectivity index (χ1v) is 3.94. The summed E-state index contributed by atoms with van der Waals surface area (Å²) in [5.41, 5.74) is 1.45. The zero-order valence-electron chi connectivity index (χ0n) is 7.32. The molecule has 2 heteroatoms. The maximum absolute atomic E-state index is 10.6. The molecule has 0 spiro atoms. The van der Waals surface area contributed by atoms with E-state index >= 15 is 0 Å². The lowest BCUT2D eigenvalue weighted by Gasteiger charge is -2.05.